The molecule has 2 amide bonds. The predicted octanol–water partition coefficient (Wildman–Crippen LogP) is 4.59. The Morgan fingerprint density at radius 3 is 2.58 bits per heavy atom. The van der Waals surface area contributed by atoms with Gasteiger partial charge < -0.3 is 9.70 Å². The zero-order valence-corrected chi connectivity index (χ0v) is 17.4. The van der Waals surface area contributed by atoms with Crippen LogP contribution in [0.3, 0.4) is 0 Å². The second-order valence-electron chi connectivity index (χ2n) is 7.56. The molecular weight excluding hydrogens is 391 g/mol. The van der Waals surface area contributed by atoms with E-state index in [9.17, 15) is 14.0 Å². The van der Waals surface area contributed by atoms with Gasteiger partial charge in [0.05, 0.1) is 5.69 Å². The van der Waals surface area contributed by atoms with E-state index in [1.807, 2.05) is 13.1 Å². The van der Waals surface area contributed by atoms with Crippen molar-refractivity contribution >= 4 is 36.0 Å². The molecule has 0 atom stereocenters. The first kappa shape index (κ1) is 19.4. The lowest BCUT2D eigenvalue weighted by Crippen LogP contribution is -2.39. The molecule has 1 aromatic carbocycles. The number of carbonyl (C=O) groups is 1. The zero-order valence-electron chi connectivity index (χ0n) is 14.8. The van der Waals surface area contributed by atoms with Crippen molar-refractivity contribution in [1.29, 1.82) is 0 Å². The van der Waals surface area contributed by atoms with Gasteiger partial charge in [-0.2, -0.15) is 0 Å². The third kappa shape index (κ3) is 4.18. The number of amides is 2. The van der Waals surface area contributed by atoms with Crippen molar-refractivity contribution in [2.45, 2.75) is 44.8 Å². The quantitative estimate of drug-likeness (QED) is 0.689. The fourth-order valence-corrected chi connectivity index (χ4v) is 3.85. The van der Waals surface area contributed by atoms with Crippen LogP contribution < -0.4 is 4.90 Å². The molecule has 0 unspecified atom stereocenters. The van der Waals surface area contributed by atoms with Gasteiger partial charge in [-0.3, -0.25) is 4.90 Å². The lowest BCUT2D eigenvalue weighted by Gasteiger charge is -2.35. The van der Waals surface area contributed by atoms with E-state index in [0.29, 0.717) is 29.8 Å². The second kappa shape index (κ2) is 7.13. The third-order valence-corrected chi connectivity index (χ3v) is 9.24. The fourth-order valence-electron chi connectivity index (χ4n) is 2.73. The van der Waals surface area contributed by atoms with Crippen molar-refractivity contribution in [2.24, 2.45) is 0 Å². The molecule has 4 nitrogen and oxygen atoms in total. The molecule has 24 heavy (non-hydrogen) atoms. The van der Waals surface area contributed by atoms with Gasteiger partial charge in [0.1, 0.15) is 5.82 Å². The monoisotopic (exact) mass is 416 g/mol. The highest BCUT2D eigenvalue weighted by atomic mass is 79.9. The number of carbonyl (C=O) groups excluding carboxylic acids is 1. The Bertz CT molecular complexity index is 619. The minimum Gasteiger partial charge on any atom is -0.432 e. The van der Waals surface area contributed by atoms with Crippen molar-refractivity contribution in [3.8, 4) is 0 Å². The molecule has 0 saturated carbocycles. The molecule has 0 radical (unpaired) electrons. The highest BCUT2D eigenvalue weighted by molar-refractivity contribution is 9.10. The van der Waals surface area contributed by atoms with E-state index in [4.69, 9.17) is 0 Å². The smallest absolute Gasteiger partial charge is 0.324 e. The average molecular weight is 417 g/mol. The highest BCUT2D eigenvalue weighted by Gasteiger charge is 2.38. The van der Waals surface area contributed by atoms with Gasteiger partial charge in [-0.05, 0) is 49.2 Å². The van der Waals surface area contributed by atoms with E-state index in [2.05, 4.69) is 29.8 Å². The molecule has 0 aromatic heterocycles. The van der Waals surface area contributed by atoms with Crippen molar-refractivity contribution < 1.29 is 14.0 Å². The predicted molar refractivity (Wildman–Crippen MR) is 101 cm³/mol. The van der Waals surface area contributed by atoms with Gasteiger partial charge in [0.15, 0.2) is 8.32 Å². The number of hydrogen-bond donors (Lipinski definition) is 1. The largest absolute Gasteiger partial charge is 0.432 e. The Morgan fingerprint density at radius 2 is 2.00 bits per heavy atom. The minimum absolute atomic E-state index is 0.0900. The zero-order chi connectivity index (χ0) is 18.1. The van der Waals surface area contributed by atoms with Crippen molar-refractivity contribution in [2.75, 3.05) is 24.5 Å². The van der Waals surface area contributed by atoms with Gasteiger partial charge in [0, 0.05) is 24.1 Å². The number of hydrogen-bond acceptors (Lipinski definition) is 2. The van der Waals surface area contributed by atoms with E-state index in [1.165, 1.54) is 11.0 Å². The SMILES string of the molecule is CC(C)(CCCN1CCN(c2ccc(Br)cc2F)C1=O)[Si](C)(C)O. The van der Waals surface area contributed by atoms with Crippen LogP contribution in [0.2, 0.25) is 18.1 Å². The molecule has 2 rings (SSSR count). The number of urea groups is 1. The molecule has 1 fully saturated rings. The molecule has 1 saturated heterocycles. The average Bonchev–Trinajstić information content (AvgIpc) is 2.79. The van der Waals surface area contributed by atoms with Crippen LogP contribution in [-0.4, -0.2) is 43.7 Å². The second-order valence-corrected chi connectivity index (χ2v) is 13.0. The summed E-state index contributed by atoms with van der Waals surface area (Å²) in [5, 5.41) is -0.0900. The van der Waals surface area contributed by atoms with Crippen LogP contribution in [0, 0.1) is 5.82 Å². The van der Waals surface area contributed by atoms with Gasteiger partial charge in [-0.15, -0.1) is 0 Å². The molecule has 1 aliphatic heterocycles. The van der Waals surface area contributed by atoms with Crippen LogP contribution in [0.4, 0.5) is 14.9 Å². The van der Waals surface area contributed by atoms with Crippen molar-refractivity contribution in [3.63, 3.8) is 0 Å². The normalized spacial score (nSPS) is 16.2. The molecule has 0 bridgehead atoms. The van der Waals surface area contributed by atoms with Gasteiger partial charge in [0.25, 0.3) is 0 Å². The van der Waals surface area contributed by atoms with Crippen LogP contribution in [-0.2, 0) is 0 Å². The highest BCUT2D eigenvalue weighted by Crippen LogP contribution is 2.39. The molecule has 1 aliphatic rings. The number of nitrogens with zero attached hydrogens (tertiary/aromatic N) is 2. The first-order chi connectivity index (χ1) is 11.0. The van der Waals surface area contributed by atoms with Crippen LogP contribution in [0.25, 0.3) is 0 Å². The Hall–Kier alpha value is -0.923. The van der Waals surface area contributed by atoms with Gasteiger partial charge in [0.2, 0.25) is 0 Å². The number of anilines is 1. The molecule has 7 heteroatoms. The molecule has 1 heterocycles. The first-order valence-corrected chi connectivity index (χ1v) is 12.0. The number of benzene rings is 1. The van der Waals surface area contributed by atoms with Gasteiger partial charge >= 0.3 is 6.03 Å². The Kier molecular flexibility index (Phi) is 5.77. The molecule has 0 aliphatic carbocycles. The summed E-state index contributed by atoms with van der Waals surface area (Å²) in [5.41, 5.74) is 0.329. The maximum absolute atomic E-state index is 14.1. The van der Waals surface area contributed by atoms with Gasteiger partial charge in [-0.1, -0.05) is 29.8 Å². The Balaban J connectivity index is 1.95. The molecule has 0 spiro atoms. The van der Waals surface area contributed by atoms with Crippen molar-refractivity contribution in [3.05, 3.63) is 28.5 Å². The van der Waals surface area contributed by atoms with Crippen LogP contribution in [0.1, 0.15) is 26.7 Å². The van der Waals surface area contributed by atoms with Crippen LogP contribution in [0.5, 0.6) is 0 Å². The summed E-state index contributed by atoms with van der Waals surface area (Å²) in [7, 11) is -2.23. The summed E-state index contributed by atoms with van der Waals surface area (Å²) in [6.45, 7) is 9.83. The maximum Gasteiger partial charge on any atom is 0.324 e. The minimum atomic E-state index is -2.23. The molecule has 134 valence electrons. The van der Waals surface area contributed by atoms with E-state index in [-0.39, 0.29) is 11.1 Å². The van der Waals surface area contributed by atoms with Crippen molar-refractivity contribution in [1.82, 2.24) is 4.90 Å². The van der Waals surface area contributed by atoms with E-state index in [0.717, 1.165) is 12.8 Å². The summed E-state index contributed by atoms with van der Waals surface area (Å²) in [4.78, 5) is 26.1. The summed E-state index contributed by atoms with van der Waals surface area (Å²) in [6, 6.07) is 4.60. The summed E-state index contributed by atoms with van der Waals surface area (Å²) < 4.78 is 14.7. The Labute approximate surface area is 152 Å². The maximum atomic E-state index is 14.1. The van der Waals surface area contributed by atoms with Crippen LogP contribution >= 0.6 is 15.9 Å². The molecule has 1 aromatic rings. The molecule has 1 N–H and O–H groups in total. The lowest BCUT2D eigenvalue weighted by atomic mass is 10.1. The number of rotatable bonds is 6. The topological polar surface area (TPSA) is 43.8 Å². The summed E-state index contributed by atoms with van der Waals surface area (Å²) in [6.07, 6.45) is 1.71. The third-order valence-electron chi connectivity index (χ3n) is 5.18. The summed E-state index contributed by atoms with van der Waals surface area (Å²) in [5.74, 6) is -0.395. The van der Waals surface area contributed by atoms with E-state index >= 15 is 0 Å². The van der Waals surface area contributed by atoms with E-state index in [1.54, 1.807) is 17.0 Å². The molecular formula is C17H26BrFN2O2Si. The summed E-state index contributed by atoms with van der Waals surface area (Å²) >= 11 is 3.23. The van der Waals surface area contributed by atoms with Crippen LogP contribution in [0.15, 0.2) is 22.7 Å². The lowest BCUT2D eigenvalue weighted by molar-refractivity contribution is 0.218. The Morgan fingerprint density at radius 1 is 1.33 bits per heavy atom. The van der Waals surface area contributed by atoms with E-state index < -0.39 is 14.1 Å². The fraction of sp³-hybridized carbons (Fsp3) is 0.588. The standard InChI is InChI=1S/C17H26BrFN2O2Si/c1-17(2,24(3,4)23)8-5-9-20-10-11-21(16(20)22)15-7-6-13(18)12-14(15)19/h6-7,12,23H,5,8-11H2,1-4H3. The van der Waals surface area contributed by atoms with Gasteiger partial charge in [-0.25, -0.2) is 9.18 Å². The number of halogens is 2. The first-order valence-electron chi connectivity index (χ1n) is 8.27.